The molecule has 2 N–H and O–H groups in total. The number of methoxy groups -OCH3 is 2. The molecular weight excluding hydrogens is 366 g/mol. The Bertz CT molecular complexity index is 991. The first-order valence-electron chi connectivity index (χ1n) is 8.98. The van der Waals surface area contributed by atoms with E-state index in [0.29, 0.717) is 28.3 Å². The Morgan fingerprint density at radius 2 is 1.89 bits per heavy atom. The zero-order chi connectivity index (χ0) is 20.0. The van der Waals surface area contributed by atoms with Crippen LogP contribution in [0.5, 0.6) is 11.5 Å². The minimum absolute atomic E-state index is 0.0191. The molecule has 1 fully saturated rings. The van der Waals surface area contributed by atoms with Gasteiger partial charge in [0.05, 0.1) is 31.6 Å². The van der Waals surface area contributed by atoms with Gasteiger partial charge in [-0.05, 0) is 17.7 Å². The second-order valence-electron chi connectivity index (χ2n) is 7.07. The number of aliphatic hydroxyl groups is 1. The molecule has 1 aliphatic carbocycles. The van der Waals surface area contributed by atoms with Crippen molar-refractivity contribution < 1.29 is 29.2 Å². The lowest BCUT2D eigenvalue weighted by atomic mass is 9.91. The summed E-state index contributed by atoms with van der Waals surface area (Å²) in [4.78, 5) is 23.4. The number of hydrogen-bond acceptors (Lipinski definition) is 6. The Labute approximate surface area is 160 Å². The normalized spacial score (nSPS) is 22.6. The molecule has 0 spiro atoms. The maximum Gasteiger partial charge on any atom is 0.341 e. The van der Waals surface area contributed by atoms with Gasteiger partial charge in [0.1, 0.15) is 11.7 Å². The first-order valence-corrected chi connectivity index (χ1v) is 8.98. The molecule has 1 aromatic carbocycles. The highest BCUT2D eigenvalue weighted by atomic mass is 16.5. The van der Waals surface area contributed by atoms with Crippen LogP contribution in [0.3, 0.4) is 0 Å². The monoisotopic (exact) mass is 387 g/mol. The summed E-state index contributed by atoms with van der Waals surface area (Å²) in [5.74, 6) is -0.287. The van der Waals surface area contributed by atoms with Gasteiger partial charge in [-0.25, -0.2) is 4.79 Å². The second kappa shape index (κ2) is 6.96. The Morgan fingerprint density at radius 3 is 2.54 bits per heavy atom. The number of nitrogens with zero attached hydrogens (tertiary/aromatic N) is 1. The van der Waals surface area contributed by atoms with E-state index in [4.69, 9.17) is 14.2 Å². The third-order valence-corrected chi connectivity index (χ3v) is 5.38. The van der Waals surface area contributed by atoms with Gasteiger partial charge in [-0.2, -0.15) is 0 Å². The van der Waals surface area contributed by atoms with Crippen LogP contribution in [0, 0.1) is 0 Å². The number of fused-ring (bicyclic) bond motifs is 3. The van der Waals surface area contributed by atoms with Crippen LogP contribution in [0.15, 0.2) is 29.2 Å². The number of rotatable bonds is 5. The van der Waals surface area contributed by atoms with E-state index in [9.17, 15) is 19.8 Å². The summed E-state index contributed by atoms with van der Waals surface area (Å²) in [6.45, 7) is 0.143. The molecule has 0 amide bonds. The van der Waals surface area contributed by atoms with Crippen LogP contribution in [0.25, 0.3) is 11.3 Å². The molecule has 2 aliphatic rings. The summed E-state index contributed by atoms with van der Waals surface area (Å²) in [5.41, 5.74) is 0.842. The van der Waals surface area contributed by atoms with Crippen molar-refractivity contribution >= 4 is 5.97 Å². The van der Waals surface area contributed by atoms with Gasteiger partial charge in [0, 0.05) is 37.8 Å². The molecule has 1 unspecified atom stereocenters. The summed E-state index contributed by atoms with van der Waals surface area (Å²) >= 11 is 0. The van der Waals surface area contributed by atoms with E-state index in [2.05, 4.69) is 0 Å². The average Bonchev–Trinajstić information content (AvgIpc) is 2.64. The zero-order valence-electron chi connectivity index (χ0n) is 15.5. The Hall–Kier alpha value is -2.84. The third kappa shape index (κ3) is 3.04. The molecule has 0 bridgehead atoms. The quantitative estimate of drug-likeness (QED) is 0.806. The molecule has 1 atom stereocenters. The lowest BCUT2D eigenvalue weighted by molar-refractivity contribution is -0.0389. The van der Waals surface area contributed by atoms with Gasteiger partial charge in [-0.15, -0.1) is 0 Å². The number of aromatic nitrogens is 1. The van der Waals surface area contributed by atoms with Crippen LogP contribution in [0.4, 0.5) is 0 Å². The van der Waals surface area contributed by atoms with Gasteiger partial charge < -0.3 is 29.0 Å². The fourth-order valence-corrected chi connectivity index (χ4v) is 3.71. The standard InChI is InChI=1S/C20H21NO7/c1-26-10-3-11(4-10)28-19-6-13-12(5-18(19)27-2)15-7-16(22)14(20(24)25)8-21(15)9-17(13)23/h5-8,10-11,17,23H,3-4,9H2,1-2H3,(H,24,25). The van der Waals surface area contributed by atoms with Crippen molar-refractivity contribution in [3.63, 3.8) is 0 Å². The maximum absolute atomic E-state index is 12.2. The number of carboxylic acids is 1. The van der Waals surface area contributed by atoms with Crippen molar-refractivity contribution in [1.29, 1.82) is 0 Å². The molecular formula is C20H21NO7. The Kier molecular flexibility index (Phi) is 4.60. The van der Waals surface area contributed by atoms with E-state index >= 15 is 0 Å². The molecule has 1 aromatic heterocycles. The van der Waals surface area contributed by atoms with E-state index in [1.165, 1.54) is 19.4 Å². The highest BCUT2D eigenvalue weighted by Gasteiger charge is 2.33. The molecule has 8 heteroatoms. The van der Waals surface area contributed by atoms with Crippen molar-refractivity contribution in [2.24, 2.45) is 0 Å². The minimum Gasteiger partial charge on any atom is -0.493 e. The highest BCUT2D eigenvalue weighted by Crippen LogP contribution is 2.43. The minimum atomic E-state index is -1.29. The van der Waals surface area contributed by atoms with E-state index in [1.54, 1.807) is 23.8 Å². The topological polar surface area (TPSA) is 107 Å². The molecule has 2 aromatic rings. The summed E-state index contributed by atoms with van der Waals surface area (Å²) in [5, 5.41) is 19.8. The van der Waals surface area contributed by atoms with Gasteiger partial charge in [0.2, 0.25) is 0 Å². The fourth-order valence-electron chi connectivity index (χ4n) is 3.71. The molecule has 148 valence electrons. The summed E-state index contributed by atoms with van der Waals surface area (Å²) in [6, 6.07) is 4.73. The molecule has 4 rings (SSSR count). The van der Waals surface area contributed by atoms with Crippen molar-refractivity contribution in [2.45, 2.75) is 37.7 Å². The van der Waals surface area contributed by atoms with Crippen LogP contribution < -0.4 is 14.9 Å². The van der Waals surface area contributed by atoms with Crippen LogP contribution in [0.2, 0.25) is 0 Å². The Balaban J connectivity index is 1.75. The third-order valence-electron chi connectivity index (χ3n) is 5.38. The predicted octanol–water partition coefficient (Wildman–Crippen LogP) is 1.83. The molecule has 0 saturated heterocycles. The number of ether oxygens (including phenoxy) is 3. The molecule has 2 heterocycles. The van der Waals surface area contributed by atoms with Crippen LogP contribution in [-0.4, -0.2) is 47.2 Å². The zero-order valence-corrected chi connectivity index (χ0v) is 15.5. The van der Waals surface area contributed by atoms with Crippen LogP contribution >= 0.6 is 0 Å². The van der Waals surface area contributed by atoms with E-state index in [-0.39, 0.29) is 24.3 Å². The van der Waals surface area contributed by atoms with Gasteiger partial charge in [-0.1, -0.05) is 0 Å². The van der Waals surface area contributed by atoms with Gasteiger partial charge in [-0.3, -0.25) is 4.79 Å². The lowest BCUT2D eigenvalue weighted by Crippen LogP contribution is -2.38. The average molecular weight is 387 g/mol. The first-order chi connectivity index (χ1) is 13.4. The number of carboxylic acid groups (broad SMARTS) is 1. The maximum atomic E-state index is 12.2. The number of carbonyl (C=O) groups is 1. The molecule has 28 heavy (non-hydrogen) atoms. The van der Waals surface area contributed by atoms with E-state index in [1.807, 2.05) is 0 Å². The largest absolute Gasteiger partial charge is 0.493 e. The lowest BCUT2D eigenvalue weighted by Gasteiger charge is -2.35. The van der Waals surface area contributed by atoms with Gasteiger partial charge >= 0.3 is 5.97 Å². The van der Waals surface area contributed by atoms with Gasteiger partial charge in [0.15, 0.2) is 16.9 Å². The summed E-state index contributed by atoms with van der Waals surface area (Å²) < 4.78 is 18.3. The van der Waals surface area contributed by atoms with E-state index in [0.717, 1.165) is 12.8 Å². The highest BCUT2D eigenvalue weighted by molar-refractivity contribution is 5.87. The molecule has 0 radical (unpaired) electrons. The predicted molar refractivity (Wildman–Crippen MR) is 99.1 cm³/mol. The van der Waals surface area contributed by atoms with Crippen molar-refractivity contribution in [3.8, 4) is 22.8 Å². The smallest absolute Gasteiger partial charge is 0.341 e. The number of aromatic carboxylic acids is 1. The molecule has 1 saturated carbocycles. The van der Waals surface area contributed by atoms with Gasteiger partial charge in [0.25, 0.3) is 0 Å². The number of benzene rings is 1. The number of pyridine rings is 1. The number of aliphatic hydroxyl groups excluding tert-OH is 1. The Morgan fingerprint density at radius 1 is 1.14 bits per heavy atom. The van der Waals surface area contributed by atoms with Crippen molar-refractivity contribution in [2.75, 3.05) is 14.2 Å². The number of hydrogen-bond donors (Lipinski definition) is 2. The van der Waals surface area contributed by atoms with Crippen molar-refractivity contribution in [3.05, 3.63) is 45.7 Å². The second-order valence-corrected chi connectivity index (χ2v) is 7.07. The molecule has 8 nitrogen and oxygen atoms in total. The van der Waals surface area contributed by atoms with Crippen LogP contribution in [0.1, 0.15) is 34.9 Å². The molecule has 1 aliphatic heterocycles. The van der Waals surface area contributed by atoms with E-state index < -0.39 is 17.5 Å². The SMILES string of the molecule is COc1cc2c(cc1OC1CC(OC)C1)C(O)Cn1cc(C(=O)O)c(=O)cc1-2. The first kappa shape index (κ1) is 18.5. The van der Waals surface area contributed by atoms with Crippen molar-refractivity contribution in [1.82, 2.24) is 4.57 Å². The fraction of sp³-hybridized carbons (Fsp3) is 0.400. The summed E-state index contributed by atoms with van der Waals surface area (Å²) in [7, 11) is 3.19. The summed E-state index contributed by atoms with van der Waals surface area (Å²) in [6.07, 6.45) is 2.19. The van der Waals surface area contributed by atoms with Crippen LogP contribution in [-0.2, 0) is 11.3 Å².